The van der Waals surface area contributed by atoms with Gasteiger partial charge in [0, 0.05) is 6.04 Å². The van der Waals surface area contributed by atoms with Crippen LogP contribution in [0.15, 0.2) is 24.3 Å². The van der Waals surface area contributed by atoms with Crippen LogP contribution in [-0.2, 0) is 6.42 Å². The van der Waals surface area contributed by atoms with Crippen molar-refractivity contribution < 1.29 is 0 Å². The van der Waals surface area contributed by atoms with Crippen LogP contribution in [0.1, 0.15) is 82.9 Å². The van der Waals surface area contributed by atoms with E-state index in [-0.39, 0.29) is 0 Å². The summed E-state index contributed by atoms with van der Waals surface area (Å²) in [5.41, 5.74) is 3.43. The molecule has 0 spiro atoms. The van der Waals surface area contributed by atoms with Crippen LogP contribution >= 0.6 is 0 Å². The highest BCUT2D eigenvalue weighted by Crippen LogP contribution is 2.47. The first-order valence-electron chi connectivity index (χ1n) is 9.02. The zero-order valence-corrected chi connectivity index (χ0v) is 14.3. The minimum Gasteiger partial charge on any atom is -0.309 e. The van der Waals surface area contributed by atoms with Gasteiger partial charge < -0.3 is 5.32 Å². The molecule has 0 amide bonds. The highest BCUT2D eigenvalue weighted by Gasteiger charge is 2.37. The molecule has 0 bridgehead atoms. The Morgan fingerprint density at radius 2 is 1.71 bits per heavy atom. The van der Waals surface area contributed by atoms with E-state index in [9.17, 15) is 0 Å². The Hall–Kier alpha value is -0.820. The Labute approximate surface area is 131 Å². The van der Waals surface area contributed by atoms with Gasteiger partial charge in [-0.1, -0.05) is 64.3 Å². The van der Waals surface area contributed by atoms with Crippen molar-refractivity contribution in [3.63, 3.8) is 0 Å². The van der Waals surface area contributed by atoms with Crippen molar-refractivity contribution >= 4 is 0 Å². The Kier molecular flexibility index (Phi) is 6.29. The topological polar surface area (TPSA) is 12.0 Å². The molecule has 1 aromatic rings. The standard InChI is InChI=1S/C20H33N/c1-4-6-9-17-10-12-18(13-11-17)19(21-16-5-2)20(3)14-7-8-15-20/h10-13,19,21H,4-9,14-16H2,1-3H3. The smallest absolute Gasteiger partial charge is 0.0374 e. The number of benzene rings is 1. The molecule has 1 heteroatoms. The van der Waals surface area contributed by atoms with E-state index >= 15 is 0 Å². The summed E-state index contributed by atoms with van der Waals surface area (Å²) in [4.78, 5) is 0. The number of hydrogen-bond donors (Lipinski definition) is 1. The van der Waals surface area contributed by atoms with Crippen LogP contribution in [0.3, 0.4) is 0 Å². The number of aryl methyl sites for hydroxylation is 1. The van der Waals surface area contributed by atoms with Gasteiger partial charge in [-0.3, -0.25) is 0 Å². The summed E-state index contributed by atoms with van der Waals surface area (Å²) in [7, 11) is 0. The molecule has 2 rings (SSSR count). The summed E-state index contributed by atoms with van der Waals surface area (Å²) in [6.45, 7) is 8.13. The fourth-order valence-corrected chi connectivity index (χ4v) is 3.78. The van der Waals surface area contributed by atoms with Gasteiger partial charge in [0.15, 0.2) is 0 Å². The minimum atomic E-state index is 0.445. The molecule has 1 aliphatic carbocycles. The molecule has 1 aliphatic rings. The van der Waals surface area contributed by atoms with E-state index in [0.29, 0.717) is 11.5 Å². The van der Waals surface area contributed by atoms with Crippen molar-refractivity contribution in [2.45, 2.75) is 78.2 Å². The quantitative estimate of drug-likeness (QED) is 0.651. The normalized spacial score (nSPS) is 18.8. The minimum absolute atomic E-state index is 0.445. The molecule has 1 saturated carbocycles. The summed E-state index contributed by atoms with van der Waals surface area (Å²) in [6, 6.07) is 9.98. The Morgan fingerprint density at radius 3 is 2.29 bits per heavy atom. The highest BCUT2D eigenvalue weighted by molar-refractivity contribution is 5.27. The van der Waals surface area contributed by atoms with Crippen LogP contribution in [0.5, 0.6) is 0 Å². The number of unbranched alkanes of at least 4 members (excludes halogenated alkanes) is 1. The first kappa shape index (κ1) is 16.5. The van der Waals surface area contributed by atoms with Crippen molar-refractivity contribution in [1.29, 1.82) is 0 Å². The first-order chi connectivity index (χ1) is 10.2. The molecule has 0 aliphatic heterocycles. The molecule has 0 saturated heterocycles. The van der Waals surface area contributed by atoms with Crippen molar-refractivity contribution in [3.05, 3.63) is 35.4 Å². The lowest BCUT2D eigenvalue weighted by molar-refractivity contribution is 0.223. The highest BCUT2D eigenvalue weighted by atomic mass is 14.9. The van der Waals surface area contributed by atoms with Crippen molar-refractivity contribution in [3.8, 4) is 0 Å². The Morgan fingerprint density at radius 1 is 1.05 bits per heavy atom. The van der Waals surface area contributed by atoms with E-state index in [1.54, 1.807) is 0 Å². The second-order valence-electron chi connectivity index (χ2n) is 7.09. The average Bonchev–Trinajstić information content (AvgIpc) is 2.94. The summed E-state index contributed by atoms with van der Waals surface area (Å²) < 4.78 is 0. The van der Waals surface area contributed by atoms with Gasteiger partial charge in [0.2, 0.25) is 0 Å². The summed E-state index contributed by atoms with van der Waals surface area (Å²) in [5, 5.41) is 3.83. The van der Waals surface area contributed by atoms with Gasteiger partial charge in [0.05, 0.1) is 0 Å². The molecule has 0 aromatic heterocycles. The van der Waals surface area contributed by atoms with Gasteiger partial charge in [-0.25, -0.2) is 0 Å². The van der Waals surface area contributed by atoms with Gasteiger partial charge in [-0.05, 0) is 55.2 Å². The molecular formula is C20H33N. The monoisotopic (exact) mass is 287 g/mol. The number of hydrogen-bond acceptors (Lipinski definition) is 1. The van der Waals surface area contributed by atoms with Crippen LogP contribution in [0, 0.1) is 5.41 Å². The zero-order chi connectivity index (χ0) is 15.1. The van der Waals surface area contributed by atoms with Crippen LogP contribution in [0.4, 0.5) is 0 Å². The summed E-state index contributed by atoms with van der Waals surface area (Å²) in [6.07, 6.45) is 10.5. The second kappa shape index (κ2) is 7.98. The van der Waals surface area contributed by atoms with Gasteiger partial charge >= 0.3 is 0 Å². The number of rotatable bonds is 8. The van der Waals surface area contributed by atoms with Gasteiger partial charge in [-0.2, -0.15) is 0 Å². The van der Waals surface area contributed by atoms with Crippen molar-refractivity contribution in [2.75, 3.05) is 6.54 Å². The molecule has 1 N–H and O–H groups in total. The van der Waals surface area contributed by atoms with E-state index < -0.39 is 0 Å². The molecule has 1 nitrogen and oxygen atoms in total. The van der Waals surface area contributed by atoms with Gasteiger partial charge in [-0.15, -0.1) is 0 Å². The van der Waals surface area contributed by atoms with E-state index in [0.717, 1.165) is 6.54 Å². The fourth-order valence-electron chi connectivity index (χ4n) is 3.78. The molecule has 21 heavy (non-hydrogen) atoms. The molecular weight excluding hydrogens is 254 g/mol. The lowest BCUT2D eigenvalue weighted by Crippen LogP contribution is -2.35. The third-order valence-electron chi connectivity index (χ3n) is 5.17. The predicted octanol–water partition coefficient (Wildman–Crippen LogP) is 5.65. The van der Waals surface area contributed by atoms with Gasteiger partial charge in [0.1, 0.15) is 0 Å². The molecule has 0 radical (unpaired) electrons. The first-order valence-corrected chi connectivity index (χ1v) is 9.02. The number of nitrogens with one attached hydrogen (secondary N) is 1. The Balaban J connectivity index is 2.12. The van der Waals surface area contributed by atoms with E-state index in [4.69, 9.17) is 0 Å². The fraction of sp³-hybridized carbons (Fsp3) is 0.700. The van der Waals surface area contributed by atoms with E-state index in [1.165, 1.54) is 62.5 Å². The molecule has 1 aromatic carbocycles. The molecule has 1 unspecified atom stereocenters. The van der Waals surface area contributed by atoms with Crippen molar-refractivity contribution in [2.24, 2.45) is 5.41 Å². The van der Waals surface area contributed by atoms with Crippen LogP contribution < -0.4 is 5.32 Å². The summed E-state index contributed by atoms with van der Waals surface area (Å²) >= 11 is 0. The predicted molar refractivity (Wildman–Crippen MR) is 92.7 cm³/mol. The lowest BCUT2D eigenvalue weighted by atomic mass is 9.77. The van der Waals surface area contributed by atoms with Crippen molar-refractivity contribution in [1.82, 2.24) is 5.32 Å². The van der Waals surface area contributed by atoms with Crippen LogP contribution in [-0.4, -0.2) is 6.54 Å². The SMILES string of the molecule is CCCCc1ccc(C(NCCC)C2(C)CCCC2)cc1. The molecule has 0 heterocycles. The lowest BCUT2D eigenvalue weighted by Gasteiger charge is -2.35. The molecule has 1 atom stereocenters. The Bertz CT molecular complexity index is 400. The maximum absolute atomic E-state index is 3.83. The molecule has 118 valence electrons. The summed E-state index contributed by atoms with van der Waals surface area (Å²) in [5.74, 6) is 0. The average molecular weight is 287 g/mol. The van der Waals surface area contributed by atoms with Crippen LogP contribution in [0.25, 0.3) is 0 Å². The third kappa shape index (κ3) is 4.32. The third-order valence-corrected chi connectivity index (χ3v) is 5.17. The maximum Gasteiger partial charge on any atom is 0.0374 e. The molecule has 1 fully saturated rings. The van der Waals surface area contributed by atoms with E-state index in [2.05, 4.69) is 50.4 Å². The maximum atomic E-state index is 3.83. The zero-order valence-electron chi connectivity index (χ0n) is 14.3. The largest absolute Gasteiger partial charge is 0.309 e. The second-order valence-corrected chi connectivity index (χ2v) is 7.09. The van der Waals surface area contributed by atoms with E-state index in [1.807, 2.05) is 0 Å². The van der Waals surface area contributed by atoms with Gasteiger partial charge in [0.25, 0.3) is 0 Å². The van der Waals surface area contributed by atoms with Crippen LogP contribution in [0.2, 0.25) is 0 Å².